The van der Waals surface area contributed by atoms with Crippen molar-refractivity contribution in [2.75, 3.05) is 20.2 Å². The van der Waals surface area contributed by atoms with Gasteiger partial charge in [-0.05, 0) is 12.1 Å². The van der Waals surface area contributed by atoms with Crippen LogP contribution >= 0.6 is 0 Å². The second-order valence-corrected chi connectivity index (χ2v) is 4.81. The van der Waals surface area contributed by atoms with E-state index in [-0.39, 0.29) is 6.61 Å². The van der Waals surface area contributed by atoms with E-state index in [0.717, 1.165) is 28.1 Å². The number of aliphatic hydroxyl groups is 1. The Labute approximate surface area is 106 Å². The highest BCUT2D eigenvalue weighted by Crippen LogP contribution is 2.43. The third-order valence-corrected chi connectivity index (χ3v) is 3.76. The molecular weight excluding hydrogens is 226 g/mol. The van der Waals surface area contributed by atoms with Crippen LogP contribution in [0, 0.1) is 0 Å². The molecule has 0 aliphatic carbocycles. The van der Waals surface area contributed by atoms with Crippen LogP contribution in [0.4, 0.5) is 11.4 Å². The molecule has 1 unspecified atom stereocenters. The maximum atomic E-state index is 9.32. The lowest BCUT2D eigenvalue weighted by molar-refractivity contribution is 0.265. The van der Waals surface area contributed by atoms with Crippen LogP contribution < -0.4 is 4.48 Å². The number of quaternary nitrogens is 1. The highest BCUT2D eigenvalue weighted by molar-refractivity contribution is 6.09. The van der Waals surface area contributed by atoms with E-state index in [0.29, 0.717) is 11.0 Å². The Morgan fingerprint density at radius 3 is 2.83 bits per heavy atom. The lowest BCUT2D eigenvalue weighted by atomic mass is 10.1. The van der Waals surface area contributed by atoms with Gasteiger partial charge in [0.2, 0.25) is 5.84 Å². The number of pyridine rings is 1. The molecule has 1 aliphatic rings. The number of likely N-dealkylation sites (N-methyl/N-ethyl adjacent to an activating group) is 1. The zero-order valence-corrected chi connectivity index (χ0v) is 10.6. The molecule has 2 heterocycles. The van der Waals surface area contributed by atoms with Crippen LogP contribution in [0.1, 0.15) is 6.92 Å². The fourth-order valence-corrected chi connectivity index (χ4v) is 2.64. The van der Waals surface area contributed by atoms with Gasteiger partial charge in [-0.25, -0.2) is 4.48 Å². The molecule has 0 saturated heterocycles. The van der Waals surface area contributed by atoms with Crippen molar-refractivity contribution in [1.29, 1.82) is 0 Å². The predicted octanol–water partition coefficient (Wildman–Crippen LogP) is 2.23. The van der Waals surface area contributed by atoms with Crippen molar-refractivity contribution in [3.05, 3.63) is 30.5 Å². The van der Waals surface area contributed by atoms with Gasteiger partial charge in [-0.1, -0.05) is 12.1 Å². The van der Waals surface area contributed by atoms with Crippen molar-refractivity contribution in [2.24, 2.45) is 4.99 Å². The number of hydrogen-bond acceptors (Lipinski definition) is 3. The topological polar surface area (TPSA) is 45.5 Å². The molecule has 0 fully saturated rings. The number of aromatic nitrogens is 1. The maximum Gasteiger partial charge on any atom is 0.205 e. The summed E-state index contributed by atoms with van der Waals surface area (Å²) < 4.78 is 0.564. The molecule has 18 heavy (non-hydrogen) atoms. The molecule has 0 saturated carbocycles. The van der Waals surface area contributed by atoms with Gasteiger partial charge >= 0.3 is 0 Å². The number of fused-ring (bicyclic) bond motifs is 3. The average Bonchev–Trinajstić information content (AvgIpc) is 2.62. The summed E-state index contributed by atoms with van der Waals surface area (Å²) in [7, 11) is 2.09. The van der Waals surface area contributed by atoms with Crippen molar-refractivity contribution in [1.82, 2.24) is 9.47 Å². The molecule has 0 bridgehead atoms. The Morgan fingerprint density at radius 1 is 1.28 bits per heavy atom. The smallest absolute Gasteiger partial charge is 0.205 e. The van der Waals surface area contributed by atoms with E-state index in [1.807, 2.05) is 31.3 Å². The number of amidine groups is 1. The van der Waals surface area contributed by atoms with Crippen LogP contribution in [0.5, 0.6) is 0 Å². The molecule has 92 valence electrons. The highest BCUT2D eigenvalue weighted by atomic mass is 16.3. The second kappa shape index (κ2) is 3.86. The Balaban J connectivity index is 2.33. The van der Waals surface area contributed by atoms with Crippen molar-refractivity contribution in [3.8, 4) is 0 Å². The van der Waals surface area contributed by atoms with E-state index < -0.39 is 0 Å². The lowest BCUT2D eigenvalue weighted by Crippen LogP contribution is -2.49. The zero-order valence-electron chi connectivity index (χ0n) is 10.6. The summed E-state index contributed by atoms with van der Waals surface area (Å²) in [6.45, 7) is 2.78. The summed E-state index contributed by atoms with van der Waals surface area (Å²) in [5, 5.41) is 10.4. The molecule has 1 N–H and O–H groups in total. The zero-order chi connectivity index (χ0) is 12.8. The van der Waals surface area contributed by atoms with Crippen molar-refractivity contribution in [3.63, 3.8) is 0 Å². The maximum absolute atomic E-state index is 9.32. The third kappa shape index (κ3) is 1.39. The molecule has 1 aliphatic heterocycles. The molecule has 1 atom stereocenters. The second-order valence-electron chi connectivity index (χ2n) is 4.81. The largest absolute Gasteiger partial charge is 0.390 e. The number of aliphatic imine (C=N–C) groups is 1. The first-order valence-corrected chi connectivity index (χ1v) is 6.07. The summed E-state index contributed by atoms with van der Waals surface area (Å²) in [5.41, 5.74) is 3.04. The van der Waals surface area contributed by atoms with E-state index in [4.69, 9.17) is 0 Å². The van der Waals surface area contributed by atoms with E-state index in [2.05, 4.69) is 23.1 Å². The van der Waals surface area contributed by atoms with Crippen LogP contribution in [0.2, 0.25) is 0 Å². The molecule has 1 aromatic carbocycles. The first-order valence-electron chi connectivity index (χ1n) is 6.07. The van der Waals surface area contributed by atoms with Gasteiger partial charge in [0.15, 0.2) is 5.69 Å². The lowest BCUT2D eigenvalue weighted by Gasteiger charge is -2.29. The van der Waals surface area contributed by atoms with Crippen LogP contribution in [0.25, 0.3) is 10.9 Å². The van der Waals surface area contributed by atoms with Gasteiger partial charge in [-0.15, -0.1) is 0 Å². The summed E-state index contributed by atoms with van der Waals surface area (Å²) in [6.07, 6.45) is 1.82. The normalized spacial score (nSPS) is 22.1. The van der Waals surface area contributed by atoms with Gasteiger partial charge < -0.3 is 5.11 Å². The van der Waals surface area contributed by atoms with E-state index >= 15 is 0 Å². The van der Waals surface area contributed by atoms with E-state index in [1.54, 1.807) is 0 Å². The van der Waals surface area contributed by atoms with Gasteiger partial charge in [0.05, 0.1) is 30.8 Å². The summed E-state index contributed by atoms with van der Waals surface area (Å²) in [6, 6.07) is 8.08. The number of aliphatic hydroxyl groups excluding tert-OH is 1. The van der Waals surface area contributed by atoms with E-state index in [1.165, 1.54) is 0 Å². The van der Waals surface area contributed by atoms with Crippen LogP contribution in [0.15, 0.2) is 35.5 Å². The van der Waals surface area contributed by atoms with Crippen molar-refractivity contribution < 1.29 is 5.11 Å². The van der Waals surface area contributed by atoms with Crippen molar-refractivity contribution >= 4 is 28.1 Å². The molecule has 0 amide bonds. The summed E-state index contributed by atoms with van der Waals surface area (Å²) >= 11 is 0. The number of hydrogen-bond donors (Lipinski definition) is 1. The van der Waals surface area contributed by atoms with Gasteiger partial charge in [-0.3, -0.25) is 4.98 Å². The Bertz CT molecular complexity index is 651. The van der Waals surface area contributed by atoms with Crippen molar-refractivity contribution in [2.45, 2.75) is 6.92 Å². The molecule has 1 aromatic heterocycles. The minimum absolute atomic E-state index is 0.138. The first-order chi connectivity index (χ1) is 8.66. The van der Waals surface area contributed by atoms with E-state index in [9.17, 15) is 5.11 Å². The molecule has 2 aromatic rings. The Kier molecular flexibility index (Phi) is 2.43. The molecule has 4 nitrogen and oxygen atoms in total. The SMILES string of the molecule is CC1=Nc2cnc3ccccc3c2[N+]1(C)CCO. The summed E-state index contributed by atoms with van der Waals surface area (Å²) in [5.74, 6) is 0.997. The summed E-state index contributed by atoms with van der Waals surface area (Å²) in [4.78, 5) is 9.02. The minimum atomic E-state index is 0.138. The average molecular weight is 242 g/mol. The third-order valence-electron chi connectivity index (χ3n) is 3.76. The molecular formula is C14H16N3O+. The molecule has 3 rings (SSSR count). The predicted molar refractivity (Wildman–Crippen MR) is 74.2 cm³/mol. The van der Waals surface area contributed by atoms with Crippen LogP contribution in [-0.4, -0.2) is 36.1 Å². The molecule has 0 radical (unpaired) electrons. The number of para-hydroxylation sites is 1. The van der Waals surface area contributed by atoms with Gasteiger partial charge in [0.25, 0.3) is 0 Å². The molecule has 4 heteroatoms. The fourth-order valence-electron chi connectivity index (χ4n) is 2.64. The van der Waals surface area contributed by atoms with Crippen LogP contribution in [-0.2, 0) is 0 Å². The van der Waals surface area contributed by atoms with Gasteiger partial charge in [-0.2, -0.15) is 4.99 Å². The Morgan fingerprint density at radius 2 is 2.06 bits per heavy atom. The monoisotopic (exact) mass is 242 g/mol. The first kappa shape index (κ1) is 11.3. The highest BCUT2D eigenvalue weighted by Gasteiger charge is 2.38. The Hall–Kier alpha value is -1.78. The number of nitrogens with zero attached hydrogens (tertiary/aromatic N) is 3. The molecule has 0 spiro atoms. The minimum Gasteiger partial charge on any atom is -0.390 e. The van der Waals surface area contributed by atoms with Gasteiger partial charge in [0, 0.05) is 6.92 Å². The number of rotatable bonds is 2. The number of benzene rings is 1. The fraction of sp³-hybridized carbons (Fsp3) is 0.286. The van der Waals surface area contributed by atoms with Crippen LogP contribution in [0.3, 0.4) is 0 Å². The van der Waals surface area contributed by atoms with Gasteiger partial charge in [0.1, 0.15) is 12.2 Å². The quantitative estimate of drug-likeness (QED) is 0.821. The standard InChI is InChI=1S/C14H16N3O/c1-10-16-13-9-15-12-6-4-3-5-11(12)14(13)17(10,2)7-8-18/h3-6,9,18H,7-8H2,1-2H3/q+1.